The van der Waals surface area contributed by atoms with Gasteiger partial charge in [-0.1, -0.05) is 22.9 Å². The number of benzene rings is 1. The molecule has 1 fully saturated rings. The van der Waals surface area contributed by atoms with E-state index in [0.29, 0.717) is 23.4 Å². The quantitative estimate of drug-likeness (QED) is 0.744. The van der Waals surface area contributed by atoms with Gasteiger partial charge in [0, 0.05) is 20.5 Å². The number of hydrogen-bond donors (Lipinski definition) is 0. The molecule has 1 aromatic carbocycles. The molecular formula is C12H12BrF3OS. The van der Waals surface area contributed by atoms with Crippen LogP contribution in [0.5, 0.6) is 0 Å². The van der Waals surface area contributed by atoms with Crippen molar-refractivity contribution in [2.24, 2.45) is 5.41 Å². The molecule has 1 aliphatic rings. The summed E-state index contributed by atoms with van der Waals surface area (Å²) in [6, 6.07) is 4.06. The standard InChI is InChI=1S/C12H12BrF3OS/c1-11(5-17-6-11)7-18-10-4-8(13)2-3-9(10)12(14,15)16/h2-4H,5-7H2,1H3. The fraction of sp³-hybridized carbons (Fsp3) is 0.500. The van der Waals surface area contributed by atoms with Crippen LogP contribution in [-0.2, 0) is 10.9 Å². The Morgan fingerprint density at radius 1 is 1.39 bits per heavy atom. The van der Waals surface area contributed by atoms with E-state index >= 15 is 0 Å². The molecule has 2 rings (SSSR count). The molecule has 1 aliphatic heterocycles. The van der Waals surface area contributed by atoms with Crippen LogP contribution in [-0.4, -0.2) is 19.0 Å². The third kappa shape index (κ3) is 3.22. The van der Waals surface area contributed by atoms with Crippen molar-refractivity contribution in [3.05, 3.63) is 28.2 Å². The molecule has 1 nitrogen and oxygen atoms in total. The number of ether oxygens (including phenoxy) is 1. The Balaban J connectivity index is 2.17. The first kappa shape index (κ1) is 14.2. The molecule has 0 radical (unpaired) electrons. The molecule has 0 atom stereocenters. The molecule has 0 amide bonds. The zero-order valence-electron chi connectivity index (χ0n) is 9.68. The van der Waals surface area contributed by atoms with Crippen molar-refractivity contribution in [1.29, 1.82) is 0 Å². The van der Waals surface area contributed by atoms with Crippen LogP contribution < -0.4 is 0 Å². The molecular weight excluding hydrogens is 329 g/mol. The van der Waals surface area contributed by atoms with Crippen molar-refractivity contribution in [1.82, 2.24) is 0 Å². The normalized spacial score (nSPS) is 18.5. The van der Waals surface area contributed by atoms with Crippen LogP contribution in [0.3, 0.4) is 0 Å². The molecule has 0 N–H and O–H groups in total. The number of halogens is 4. The lowest BCUT2D eigenvalue weighted by molar-refractivity contribution is -0.139. The summed E-state index contributed by atoms with van der Waals surface area (Å²) in [4.78, 5) is 0.269. The van der Waals surface area contributed by atoms with E-state index in [2.05, 4.69) is 15.9 Å². The summed E-state index contributed by atoms with van der Waals surface area (Å²) in [6.45, 7) is 3.26. The van der Waals surface area contributed by atoms with Crippen molar-refractivity contribution in [3.8, 4) is 0 Å². The van der Waals surface area contributed by atoms with Gasteiger partial charge < -0.3 is 4.74 Å². The highest BCUT2D eigenvalue weighted by atomic mass is 79.9. The Kier molecular flexibility index (Phi) is 3.99. The molecule has 100 valence electrons. The van der Waals surface area contributed by atoms with Gasteiger partial charge in [0.1, 0.15) is 0 Å². The number of hydrogen-bond acceptors (Lipinski definition) is 2. The molecule has 6 heteroatoms. The average molecular weight is 341 g/mol. The third-order valence-corrected chi connectivity index (χ3v) is 4.71. The first-order valence-electron chi connectivity index (χ1n) is 5.37. The van der Waals surface area contributed by atoms with E-state index in [1.54, 1.807) is 0 Å². The highest BCUT2D eigenvalue weighted by molar-refractivity contribution is 9.10. The SMILES string of the molecule is CC1(CSc2cc(Br)ccc2C(F)(F)F)COC1. The van der Waals surface area contributed by atoms with E-state index in [1.165, 1.54) is 23.9 Å². The Morgan fingerprint density at radius 3 is 2.56 bits per heavy atom. The summed E-state index contributed by atoms with van der Waals surface area (Å²) in [5.74, 6) is 0.631. The van der Waals surface area contributed by atoms with E-state index in [4.69, 9.17) is 4.74 Å². The Morgan fingerprint density at radius 2 is 2.06 bits per heavy atom. The Bertz CT molecular complexity index is 443. The second kappa shape index (κ2) is 5.06. The largest absolute Gasteiger partial charge is 0.417 e. The molecule has 0 aromatic heterocycles. The van der Waals surface area contributed by atoms with Gasteiger partial charge in [-0.25, -0.2) is 0 Å². The lowest BCUT2D eigenvalue weighted by Gasteiger charge is -2.37. The van der Waals surface area contributed by atoms with Gasteiger partial charge in [-0.15, -0.1) is 11.8 Å². The molecule has 0 saturated carbocycles. The zero-order valence-corrected chi connectivity index (χ0v) is 12.1. The summed E-state index contributed by atoms with van der Waals surface area (Å²) in [5.41, 5.74) is -0.574. The van der Waals surface area contributed by atoms with Gasteiger partial charge in [0.25, 0.3) is 0 Å². The summed E-state index contributed by atoms with van der Waals surface area (Å²) in [5, 5.41) is 0. The lowest BCUT2D eigenvalue weighted by atomic mass is 9.92. The molecule has 1 saturated heterocycles. The van der Waals surface area contributed by atoms with Crippen molar-refractivity contribution < 1.29 is 17.9 Å². The topological polar surface area (TPSA) is 9.23 Å². The second-order valence-corrected chi connectivity index (χ2v) is 6.66. The Labute approximate surface area is 116 Å². The fourth-order valence-corrected chi connectivity index (χ4v) is 3.37. The second-order valence-electron chi connectivity index (χ2n) is 4.73. The van der Waals surface area contributed by atoms with Gasteiger partial charge in [-0.2, -0.15) is 13.2 Å². The van der Waals surface area contributed by atoms with Crippen molar-refractivity contribution in [2.45, 2.75) is 18.0 Å². The predicted octanol–water partition coefficient (Wildman–Crippen LogP) is 4.60. The van der Waals surface area contributed by atoms with Gasteiger partial charge >= 0.3 is 6.18 Å². The molecule has 0 bridgehead atoms. The third-order valence-electron chi connectivity index (χ3n) is 2.73. The average Bonchev–Trinajstić information content (AvgIpc) is 2.22. The van der Waals surface area contributed by atoms with Gasteiger partial charge in [0.15, 0.2) is 0 Å². The highest BCUT2D eigenvalue weighted by Crippen LogP contribution is 2.41. The lowest BCUT2D eigenvalue weighted by Crippen LogP contribution is -2.41. The van der Waals surface area contributed by atoms with Crippen LogP contribution in [0, 0.1) is 5.41 Å². The van der Waals surface area contributed by atoms with Gasteiger partial charge in [-0.3, -0.25) is 0 Å². The Hall–Kier alpha value is -0.200. The first-order chi connectivity index (χ1) is 8.30. The minimum absolute atomic E-state index is 0.00411. The maximum absolute atomic E-state index is 12.8. The van der Waals surface area contributed by atoms with Crippen molar-refractivity contribution in [3.63, 3.8) is 0 Å². The zero-order chi connectivity index (χ0) is 13.4. The van der Waals surface area contributed by atoms with Crippen LogP contribution in [0.4, 0.5) is 13.2 Å². The minimum atomic E-state index is -4.31. The van der Waals surface area contributed by atoms with E-state index in [1.807, 2.05) is 6.92 Å². The number of rotatable bonds is 3. The van der Waals surface area contributed by atoms with Crippen LogP contribution in [0.1, 0.15) is 12.5 Å². The van der Waals surface area contributed by atoms with Crippen molar-refractivity contribution >= 4 is 27.7 Å². The summed E-state index contributed by atoms with van der Waals surface area (Å²) < 4.78 is 44.3. The summed E-state index contributed by atoms with van der Waals surface area (Å²) in [6.07, 6.45) is -4.31. The van der Waals surface area contributed by atoms with Crippen LogP contribution in [0.25, 0.3) is 0 Å². The maximum Gasteiger partial charge on any atom is 0.417 e. The van der Waals surface area contributed by atoms with Crippen LogP contribution in [0.15, 0.2) is 27.6 Å². The van der Waals surface area contributed by atoms with E-state index < -0.39 is 11.7 Å². The fourth-order valence-electron chi connectivity index (χ4n) is 1.64. The molecule has 1 heterocycles. The molecule has 0 unspecified atom stereocenters. The molecule has 0 aliphatic carbocycles. The summed E-state index contributed by atoms with van der Waals surface area (Å²) in [7, 11) is 0. The van der Waals surface area contributed by atoms with E-state index in [-0.39, 0.29) is 10.3 Å². The molecule has 0 spiro atoms. The highest BCUT2D eigenvalue weighted by Gasteiger charge is 2.36. The van der Waals surface area contributed by atoms with E-state index in [0.717, 1.165) is 6.07 Å². The molecule has 1 aromatic rings. The van der Waals surface area contributed by atoms with Gasteiger partial charge in [0.05, 0.1) is 18.8 Å². The van der Waals surface area contributed by atoms with Gasteiger partial charge in [0.2, 0.25) is 0 Å². The monoisotopic (exact) mass is 340 g/mol. The minimum Gasteiger partial charge on any atom is -0.380 e. The van der Waals surface area contributed by atoms with Crippen LogP contribution >= 0.6 is 27.7 Å². The number of thioether (sulfide) groups is 1. The first-order valence-corrected chi connectivity index (χ1v) is 7.15. The van der Waals surface area contributed by atoms with E-state index in [9.17, 15) is 13.2 Å². The smallest absolute Gasteiger partial charge is 0.380 e. The maximum atomic E-state index is 12.8. The predicted molar refractivity (Wildman–Crippen MR) is 68.8 cm³/mol. The van der Waals surface area contributed by atoms with Crippen molar-refractivity contribution in [2.75, 3.05) is 19.0 Å². The van der Waals surface area contributed by atoms with Gasteiger partial charge in [-0.05, 0) is 18.2 Å². The van der Waals surface area contributed by atoms with Crippen LogP contribution in [0.2, 0.25) is 0 Å². The number of alkyl halides is 3. The summed E-state index contributed by atoms with van der Waals surface area (Å²) >= 11 is 4.45. The molecule has 18 heavy (non-hydrogen) atoms.